The van der Waals surface area contributed by atoms with Gasteiger partial charge in [-0.3, -0.25) is 14.5 Å². The highest BCUT2D eigenvalue weighted by Crippen LogP contribution is 2.26. The fourth-order valence-electron chi connectivity index (χ4n) is 3.94. The van der Waals surface area contributed by atoms with Crippen LogP contribution in [0.3, 0.4) is 0 Å². The van der Waals surface area contributed by atoms with Crippen molar-refractivity contribution in [1.82, 2.24) is 24.6 Å². The minimum absolute atomic E-state index is 0.129. The molecule has 0 bridgehead atoms. The van der Waals surface area contributed by atoms with E-state index >= 15 is 0 Å². The van der Waals surface area contributed by atoms with E-state index in [0.29, 0.717) is 11.9 Å². The molecule has 0 radical (unpaired) electrons. The Morgan fingerprint density at radius 1 is 1.08 bits per heavy atom. The summed E-state index contributed by atoms with van der Waals surface area (Å²) < 4.78 is 2.00. The molecular formula is C18H24N6O. The second kappa shape index (κ2) is 7.21. The summed E-state index contributed by atoms with van der Waals surface area (Å²) in [7, 11) is 0. The third-order valence-corrected chi connectivity index (χ3v) is 5.32. The lowest BCUT2D eigenvalue weighted by atomic mass is 9.94. The lowest BCUT2D eigenvalue weighted by Crippen LogP contribution is -2.46. The molecule has 1 amide bonds. The molecule has 1 atom stereocenters. The SMILES string of the molecule is O=C(C1CCN(c2cnccn2)CC1)N1CCCC(n2cccn2)C1. The van der Waals surface area contributed by atoms with E-state index in [4.69, 9.17) is 0 Å². The van der Waals surface area contributed by atoms with Crippen LogP contribution in [0.15, 0.2) is 37.1 Å². The third-order valence-electron chi connectivity index (χ3n) is 5.32. The van der Waals surface area contributed by atoms with Crippen LogP contribution in [0.4, 0.5) is 5.82 Å². The van der Waals surface area contributed by atoms with E-state index in [2.05, 4.69) is 24.9 Å². The van der Waals surface area contributed by atoms with Gasteiger partial charge in [0.2, 0.25) is 5.91 Å². The van der Waals surface area contributed by atoms with Crippen molar-refractivity contribution in [2.24, 2.45) is 5.92 Å². The Hall–Kier alpha value is -2.44. The summed E-state index contributed by atoms with van der Waals surface area (Å²) in [5, 5.41) is 4.35. The number of hydrogen-bond donors (Lipinski definition) is 0. The number of amides is 1. The van der Waals surface area contributed by atoms with Gasteiger partial charge >= 0.3 is 0 Å². The second-order valence-electron chi connectivity index (χ2n) is 6.89. The van der Waals surface area contributed by atoms with Crippen molar-refractivity contribution < 1.29 is 4.79 Å². The van der Waals surface area contributed by atoms with Gasteiger partial charge in [0.05, 0.1) is 12.2 Å². The zero-order chi connectivity index (χ0) is 17.1. The predicted octanol–water partition coefficient (Wildman–Crippen LogP) is 1.75. The number of carbonyl (C=O) groups excluding carboxylic acids is 1. The molecule has 7 nitrogen and oxygen atoms in total. The molecule has 25 heavy (non-hydrogen) atoms. The van der Waals surface area contributed by atoms with Crippen molar-refractivity contribution in [2.45, 2.75) is 31.7 Å². The van der Waals surface area contributed by atoms with Crippen LogP contribution in [0.5, 0.6) is 0 Å². The van der Waals surface area contributed by atoms with Crippen molar-refractivity contribution in [2.75, 3.05) is 31.1 Å². The largest absolute Gasteiger partial charge is 0.355 e. The van der Waals surface area contributed by atoms with E-state index < -0.39 is 0 Å². The van der Waals surface area contributed by atoms with E-state index in [1.165, 1.54) is 0 Å². The highest BCUT2D eigenvalue weighted by Gasteiger charge is 2.32. The number of rotatable bonds is 3. The maximum atomic E-state index is 13.0. The molecule has 2 aromatic heterocycles. The fraction of sp³-hybridized carbons (Fsp3) is 0.556. The van der Waals surface area contributed by atoms with Gasteiger partial charge in [-0.2, -0.15) is 5.10 Å². The van der Waals surface area contributed by atoms with Gasteiger partial charge in [-0.15, -0.1) is 0 Å². The molecule has 1 unspecified atom stereocenters. The number of likely N-dealkylation sites (tertiary alicyclic amines) is 1. The number of nitrogens with zero attached hydrogens (tertiary/aromatic N) is 6. The van der Waals surface area contributed by atoms with Crippen LogP contribution in [0.1, 0.15) is 31.7 Å². The number of aromatic nitrogens is 4. The highest BCUT2D eigenvalue weighted by molar-refractivity contribution is 5.79. The molecule has 132 valence electrons. The average molecular weight is 340 g/mol. The van der Waals surface area contributed by atoms with Crippen molar-refractivity contribution in [3.8, 4) is 0 Å². The van der Waals surface area contributed by atoms with E-state index in [0.717, 1.165) is 57.7 Å². The Labute approximate surface area is 147 Å². The molecule has 4 heterocycles. The summed E-state index contributed by atoms with van der Waals surface area (Å²) in [6.07, 6.45) is 12.9. The van der Waals surface area contributed by atoms with Gasteiger partial charge in [0.15, 0.2) is 0 Å². The van der Waals surface area contributed by atoms with E-state index in [1.54, 1.807) is 18.6 Å². The topological polar surface area (TPSA) is 67.2 Å². The van der Waals surface area contributed by atoms with Gasteiger partial charge in [0.1, 0.15) is 5.82 Å². The maximum Gasteiger partial charge on any atom is 0.225 e. The van der Waals surface area contributed by atoms with Crippen LogP contribution in [0, 0.1) is 5.92 Å². The summed E-state index contributed by atoms with van der Waals surface area (Å²) in [5.41, 5.74) is 0. The van der Waals surface area contributed by atoms with Gasteiger partial charge in [-0.25, -0.2) is 4.98 Å². The van der Waals surface area contributed by atoms with E-state index in [1.807, 2.05) is 23.1 Å². The smallest absolute Gasteiger partial charge is 0.225 e. The lowest BCUT2D eigenvalue weighted by molar-refractivity contribution is -0.138. The van der Waals surface area contributed by atoms with Gasteiger partial charge in [0, 0.05) is 56.9 Å². The first-order chi connectivity index (χ1) is 12.3. The molecule has 2 aliphatic rings. The Bertz CT molecular complexity index is 681. The van der Waals surface area contributed by atoms with Gasteiger partial charge in [-0.1, -0.05) is 0 Å². The van der Waals surface area contributed by atoms with E-state index in [9.17, 15) is 4.79 Å². The minimum Gasteiger partial charge on any atom is -0.355 e. The Morgan fingerprint density at radius 3 is 2.68 bits per heavy atom. The van der Waals surface area contributed by atoms with Crippen molar-refractivity contribution in [3.05, 3.63) is 37.1 Å². The van der Waals surface area contributed by atoms with Crippen LogP contribution in [0.2, 0.25) is 0 Å². The first-order valence-corrected chi connectivity index (χ1v) is 9.10. The molecular weight excluding hydrogens is 316 g/mol. The molecule has 2 fully saturated rings. The van der Waals surface area contributed by atoms with Gasteiger partial charge < -0.3 is 9.80 Å². The van der Waals surface area contributed by atoms with Gasteiger partial charge in [0.25, 0.3) is 0 Å². The summed E-state index contributed by atoms with van der Waals surface area (Å²) in [4.78, 5) is 25.7. The number of anilines is 1. The summed E-state index contributed by atoms with van der Waals surface area (Å²) in [5.74, 6) is 1.35. The predicted molar refractivity (Wildman–Crippen MR) is 94.0 cm³/mol. The molecule has 7 heteroatoms. The molecule has 4 rings (SSSR count). The Morgan fingerprint density at radius 2 is 1.96 bits per heavy atom. The van der Waals surface area contributed by atoms with Crippen molar-refractivity contribution in [1.29, 1.82) is 0 Å². The summed E-state index contributed by atoms with van der Waals surface area (Å²) in [6.45, 7) is 3.39. The quantitative estimate of drug-likeness (QED) is 0.852. The highest BCUT2D eigenvalue weighted by atomic mass is 16.2. The molecule has 2 aliphatic heterocycles. The molecule has 0 saturated carbocycles. The standard InChI is InChI=1S/C18H24N6O/c25-18(23-9-1-3-16(14-23)24-10-2-6-21-24)15-4-11-22(12-5-15)17-13-19-7-8-20-17/h2,6-8,10,13,15-16H,1,3-5,9,11-12,14H2. The van der Waals surface area contributed by atoms with Crippen LogP contribution < -0.4 is 4.90 Å². The lowest BCUT2D eigenvalue weighted by Gasteiger charge is -2.38. The maximum absolute atomic E-state index is 13.0. The normalized spacial score (nSPS) is 22.2. The first-order valence-electron chi connectivity index (χ1n) is 9.10. The van der Waals surface area contributed by atoms with Crippen molar-refractivity contribution >= 4 is 11.7 Å². The molecule has 0 aliphatic carbocycles. The average Bonchev–Trinajstić information content (AvgIpc) is 3.23. The van der Waals surface area contributed by atoms with Crippen molar-refractivity contribution in [3.63, 3.8) is 0 Å². The fourth-order valence-corrected chi connectivity index (χ4v) is 3.94. The van der Waals surface area contributed by atoms with Crippen LogP contribution in [-0.2, 0) is 4.79 Å². The van der Waals surface area contributed by atoms with Crippen LogP contribution >= 0.6 is 0 Å². The molecule has 2 aromatic rings. The Kier molecular flexibility index (Phi) is 4.63. The van der Waals surface area contributed by atoms with Crippen LogP contribution in [0.25, 0.3) is 0 Å². The number of hydrogen-bond acceptors (Lipinski definition) is 5. The third kappa shape index (κ3) is 3.50. The van der Waals surface area contributed by atoms with Gasteiger partial charge in [-0.05, 0) is 31.7 Å². The molecule has 2 saturated heterocycles. The zero-order valence-corrected chi connectivity index (χ0v) is 14.4. The summed E-state index contributed by atoms with van der Waals surface area (Å²) >= 11 is 0. The second-order valence-corrected chi connectivity index (χ2v) is 6.89. The number of carbonyl (C=O) groups is 1. The van der Waals surface area contributed by atoms with Crippen LogP contribution in [-0.4, -0.2) is 56.7 Å². The Balaban J connectivity index is 1.34. The number of piperidine rings is 2. The first kappa shape index (κ1) is 16.1. The molecule has 0 spiro atoms. The minimum atomic E-state index is 0.129. The zero-order valence-electron chi connectivity index (χ0n) is 14.4. The molecule has 0 N–H and O–H groups in total. The monoisotopic (exact) mass is 340 g/mol. The van der Waals surface area contributed by atoms with E-state index in [-0.39, 0.29) is 5.92 Å². The summed E-state index contributed by atoms with van der Waals surface area (Å²) in [6, 6.07) is 2.26. The molecule has 0 aromatic carbocycles.